The minimum atomic E-state index is -0.774. The van der Waals surface area contributed by atoms with Gasteiger partial charge in [0, 0.05) is 6.20 Å². The molecule has 1 aliphatic rings. The molecule has 1 fully saturated rings. The number of carboxylic acids is 1. The standard InChI is InChI=1S/C14H20N2O2/c1-10-7-8-12(15-9-10)16-13(14(17)18)11-5-3-2-4-6-11/h7-9,11,13H,2-6H2,1H3,(H,15,16)(H,17,18). The first kappa shape index (κ1) is 12.9. The van der Waals surface area contributed by atoms with Gasteiger partial charge in [0.2, 0.25) is 0 Å². The third kappa shape index (κ3) is 3.22. The summed E-state index contributed by atoms with van der Waals surface area (Å²) in [7, 11) is 0. The van der Waals surface area contributed by atoms with Crippen LogP contribution in [0.5, 0.6) is 0 Å². The van der Waals surface area contributed by atoms with Crippen LogP contribution in [-0.2, 0) is 4.79 Å². The van der Waals surface area contributed by atoms with Gasteiger partial charge < -0.3 is 10.4 Å². The van der Waals surface area contributed by atoms with Crippen LogP contribution in [0.15, 0.2) is 18.3 Å². The van der Waals surface area contributed by atoms with Crippen molar-refractivity contribution in [3.05, 3.63) is 23.9 Å². The van der Waals surface area contributed by atoms with Gasteiger partial charge in [-0.3, -0.25) is 0 Å². The van der Waals surface area contributed by atoms with Crippen LogP contribution in [0.2, 0.25) is 0 Å². The van der Waals surface area contributed by atoms with Crippen LogP contribution in [0.1, 0.15) is 37.7 Å². The fraction of sp³-hybridized carbons (Fsp3) is 0.571. The number of hydrogen-bond donors (Lipinski definition) is 2. The average molecular weight is 248 g/mol. The maximum Gasteiger partial charge on any atom is 0.326 e. The Kier molecular flexibility index (Phi) is 4.18. The molecule has 18 heavy (non-hydrogen) atoms. The summed E-state index contributed by atoms with van der Waals surface area (Å²) in [6.07, 6.45) is 7.24. The summed E-state index contributed by atoms with van der Waals surface area (Å²) in [5.41, 5.74) is 1.07. The first-order chi connectivity index (χ1) is 8.66. The SMILES string of the molecule is Cc1ccc(NC(C(=O)O)C2CCCCC2)nc1. The van der Waals surface area contributed by atoms with Crippen molar-refractivity contribution < 1.29 is 9.90 Å². The molecule has 4 nitrogen and oxygen atoms in total. The highest BCUT2D eigenvalue weighted by molar-refractivity contribution is 5.77. The van der Waals surface area contributed by atoms with Crippen LogP contribution in [0.25, 0.3) is 0 Å². The normalized spacial score (nSPS) is 18.3. The summed E-state index contributed by atoms with van der Waals surface area (Å²) in [5.74, 6) is 0.0993. The first-order valence-electron chi connectivity index (χ1n) is 6.59. The van der Waals surface area contributed by atoms with Gasteiger partial charge in [-0.25, -0.2) is 9.78 Å². The second-order valence-corrected chi connectivity index (χ2v) is 5.08. The molecule has 0 aliphatic heterocycles. The van der Waals surface area contributed by atoms with Crippen molar-refractivity contribution in [1.29, 1.82) is 0 Å². The third-order valence-electron chi connectivity index (χ3n) is 3.60. The third-order valence-corrected chi connectivity index (χ3v) is 3.60. The molecule has 1 aromatic rings. The van der Waals surface area contributed by atoms with Gasteiger partial charge in [-0.05, 0) is 37.3 Å². The van der Waals surface area contributed by atoms with Crippen LogP contribution in [0, 0.1) is 12.8 Å². The van der Waals surface area contributed by atoms with E-state index in [-0.39, 0.29) is 5.92 Å². The van der Waals surface area contributed by atoms with Crippen LogP contribution >= 0.6 is 0 Å². The zero-order valence-electron chi connectivity index (χ0n) is 10.7. The van der Waals surface area contributed by atoms with Gasteiger partial charge in [0.05, 0.1) is 0 Å². The molecule has 0 amide bonds. The molecule has 1 saturated carbocycles. The molecular weight excluding hydrogens is 228 g/mol. The van der Waals surface area contributed by atoms with Crippen molar-refractivity contribution in [3.8, 4) is 0 Å². The van der Waals surface area contributed by atoms with Gasteiger partial charge in [0.1, 0.15) is 11.9 Å². The molecule has 0 aromatic carbocycles. The lowest BCUT2D eigenvalue weighted by atomic mass is 9.84. The number of carbonyl (C=O) groups is 1. The van der Waals surface area contributed by atoms with E-state index in [0.717, 1.165) is 31.2 Å². The van der Waals surface area contributed by atoms with Crippen LogP contribution in [0.4, 0.5) is 5.82 Å². The Hall–Kier alpha value is -1.58. The molecule has 0 spiro atoms. The summed E-state index contributed by atoms with van der Waals surface area (Å²) in [6, 6.07) is 3.27. The van der Waals surface area contributed by atoms with Crippen molar-refractivity contribution in [2.45, 2.75) is 45.1 Å². The Morgan fingerprint density at radius 3 is 2.67 bits per heavy atom. The van der Waals surface area contributed by atoms with Crippen LogP contribution < -0.4 is 5.32 Å². The summed E-state index contributed by atoms with van der Waals surface area (Å²) < 4.78 is 0. The maximum atomic E-state index is 11.4. The number of hydrogen-bond acceptors (Lipinski definition) is 3. The number of anilines is 1. The predicted octanol–water partition coefficient (Wildman–Crippen LogP) is 2.84. The van der Waals surface area contributed by atoms with E-state index >= 15 is 0 Å². The van der Waals surface area contributed by atoms with E-state index in [9.17, 15) is 9.90 Å². The number of aliphatic carboxylic acids is 1. The smallest absolute Gasteiger partial charge is 0.326 e. The van der Waals surface area contributed by atoms with E-state index in [1.807, 2.05) is 19.1 Å². The zero-order valence-corrected chi connectivity index (χ0v) is 10.7. The molecule has 4 heteroatoms. The Morgan fingerprint density at radius 1 is 1.39 bits per heavy atom. The second-order valence-electron chi connectivity index (χ2n) is 5.08. The molecule has 1 atom stereocenters. The van der Waals surface area contributed by atoms with Crippen LogP contribution in [0.3, 0.4) is 0 Å². The van der Waals surface area contributed by atoms with Gasteiger partial charge in [-0.2, -0.15) is 0 Å². The van der Waals surface area contributed by atoms with Crippen molar-refractivity contribution in [1.82, 2.24) is 4.98 Å². The maximum absolute atomic E-state index is 11.4. The van der Waals surface area contributed by atoms with Crippen molar-refractivity contribution in [2.75, 3.05) is 5.32 Å². The zero-order chi connectivity index (χ0) is 13.0. The Bertz CT molecular complexity index is 397. The number of rotatable bonds is 4. The number of nitrogens with one attached hydrogen (secondary N) is 1. The summed E-state index contributed by atoms with van der Waals surface area (Å²) >= 11 is 0. The summed E-state index contributed by atoms with van der Waals surface area (Å²) in [6.45, 7) is 1.96. The highest BCUT2D eigenvalue weighted by atomic mass is 16.4. The van der Waals surface area contributed by atoms with E-state index in [4.69, 9.17) is 0 Å². The summed E-state index contributed by atoms with van der Waals surface area (Å²) in [5, 5.41) is 12.4. The van der Waals surface area contributed by atoms with Crippen molar-refractivity contribution in [3.63, 3.8) is 0 Å². The highest BCUT2D eigenvalue weighted by Crippen LogP contribution is 2.28. The molecule has 1 unspecified atom stereocenters. The number of carboxylic acid groups (broad SMARTS) is 1. The average Bonchev–Trinajstić information content (AvgIpc) is 2.38. The number of nitrogens with zero attached hydrogens (tertiary/aromatic N) is 1. The Morgan fingerprint density at radius 2 is 2.11 bits per heavy atom. The quantitative estimate of drug-likeness (QED) is 0.860. The van der Waals surface area contributed by atoms with Crippen molar-refractivity contribution in [2.24, 2.45) is 5.92 Å². The highest BCUT2D eigenvalue weighted by Gasteiger charge is 2.29. The fourth-order valence-corrected chi connectivity index (χ4v) is 2.56. The lowest BCUT2D eigenvalue weighted by Gasteiger charge is -2.28. The predicted molar refractivity (Wildman–Crippen MR) is 70.6 cm³/mol. The minimum absolute atomic E-state index is 0.222. The van der Waals surface area contributed by atoms with E-state index in [0.29, 0.717) is 5.82 Å². The van der Waals surface area contributed by atoms with Gasteiger partial charge in [-0.1, -0.05) is 25.3 Å². The lowest BCUT2D eigenvalue weighted by molar-refractivity contribution is -0.139. The molecule has 98 valence electrons. The molecule has 1 heterocycles. The molecular formula is C14H20N2O2. The first-order valence-corrected chi connectivity index (χ1v) is 6.59. The van der Waals surface area contributed by atoms with Gasteiger partial charge in [0.25, 0.3) is 0 Å². The molecule has 0 radical (unpaired) electrons. The lowest BCUT2D eigenvalue weighted by Crippen LogP contribution is -2.38. The molecule has 0 saturated heterocycles. The Labute approximate surface area is 107 Å². The number of aromatic nitrogens is 1. The van der Waals surface area contributed by atoms with E-state index in [1.165, 1.54) is 6.42 Å². The van der Waals surface area contributed by atoms with E-state index < -0.39 is 12.0 Å². The number of aryl methyl sites for hydroxylation is 1. The van der Waals surface area contributed by atoms with Crippen molar-refractivity contribution >= 4 is 11.8 Å². The molecule has 2 N–H and O–H groups in total. The van der Waals surface area contributed by atoms with Crippen LogP contribution in [-0.4, -0.2) is 22.1 Å². The van der Waals surface area contributed by atoms with E-state index in [2.05, 4.69) is 10.3 Å². The Balaban J connectivity index is 2.05. The molecule has 0 bridgehead atoms. The van der Waals surface area contributed by atoms with Gasteiger partial charge in [0.15, 0.2) is 0 Å². The largest absolute Gasteiger partial charge is 0.480 e. The minimum Gasteiger partial charge on any atom is -0.480 e. The van der Waals surface area contributed by atoms with E-state index in [1.54, 1.807) is 6.20 Å². The second kappa shape index (κ2) is 5.85. The molecule has 1 aromatic heterocycles. The number of pyridine rings is 1. The molecule has 1 aliphatic carbocycles. The topological polar surface area (TPSA) is 62.2 Å². The van der Waals surface area contributed by atoms with Gasteiger partial charge >= 0.3 is 5.97 Å². The fourth-order valence-electron chi connectivity index (χ4n) is 2.56. The summed E-state index contributed by atoms with van der Waals surface area (Å²) in [4.78, 5) is 15.6. The molecule has 2 rings (SSSR count). The monoisotopic (exact) mass is 248 g/mol. The van der Waals surface area contributed by atoms with Gasteiger partial charge in [-0.15, -0.1) is 0 Å².